The lowest BCUT2D eigenvalue weighted by molar-refractivity contribution is -0.138. The van der Waals surface area contributed by atoms with Crippen LogP contribution in [-0.2, 0) is 12.8 Å². The molecule has 0 saturated heterocycles. The molecule has 1 heterocycles. The van der Waals surface area contributed by atoms with Gasteiger partial charge >= 0.3 is 6.18 Å². The van der Waals surface area contributed by atoms with Crippen LogP contribution in [0.1, 0.15) is 11.1 Å². The van der Waals surface area contributed by atoms with Crippen molar-refractivity contribution in [2.75, 3.05) is 0 Å². The number of aromatic nitrogens is 1. The number of nitrogens with zero attached hydrogens (tertiary/aromatic N) is 1. The lowest BCUT2D eigenvalue weighted by Crippen LogP contribution is -2.10. The van der Waals surface area contributed by atoms with Crippen molar-refractivity contribution in [3.05, 3.63) is 58.2 Å². The highest BCUT2D eigenvalue weighted by Gasteiger charge is 2.32. The largest absolute Gasteiger partial charge is 0.473 e. The van der Waals surface area contributed by atoms with E-state index in [0.29, 0.717) is 0 Å². The highest BCUT2D eigenvalue weighted by molar-refractivity contribution is 9.10. The van der Waals surface area contributed by atoms with Gasteiger partial charge in [0, 0.05) is 22.3 Å². The molecule has 2 aromatic rings. The smallest absolute Gasteiger partial charge is 0.416 e. The number of rotatable bonds is 3. The van der Waals surface area contributed by atoms with Crippen LogP contribution in [0.3, 0.4) is 0 Å². The number of halogens is 4. The van der Waals surface area contributed by atoms with Gasteiger partial charge < -0.3 is 4.74 Å². The van der Waals surface area contributed by atoms with E-state index < -0.39 is 11.7 Å². The van der Waals surface area contributed by atoms with Crippen LogP contribution in [0.5, 0.6) is 5.88 Å². The molecule has 2 rings (SSSR count). The predicted molar refractivity (Wildman–Crippen MR) is 67.7 cm³/mol. The lowest BCUT2D eigenvalue weighted by atomic mass is 10.1. The molecule has 0 spiro atoms. The molecule has 0 aliphatic heterocycles. The van der Waals surface area contributed by atoms with Crippen molar-refractivity contribution in [3.63, 3.8) is 0 Å². The number of benzene rings is 1. The average Bonchev–Trinajstić information content (AvgIpc) is 2.36. The summed E-state index contributed by atoms with van der Waals surface area (Å²) >= 11 is 3.23. The Hall–Kier alpha value is -1.56. The van der Waals surface area contributed by atoms with E-state index >= 15 is 0 Å². The zero-order valence-electron chi connectivity index (χ0n) is 9.62. The molecule has 19 heavy (non-hydrogen) atoms. The van der Waals surface area contributed by atoms with Crippen LogP contribution in [0, 0.1) is 0 Å². The van der Waals surface area contributed by atoms with Gasteiger partial charge in [0.15, 0.2) is 0 Å². The molecule has 0 radical (unpaired) electrons. The second-order valence-corrected chi connectivity index (χ2v) is 4.67. The van der Waals surface area contributed by atoms with Crippen LogP contribution >= 0.6 is 15.9 Å². The maximum Gasteiger partial charge on any atom is 0.416 e. The molecule has 1 aromatic heterocycles. The second-order valence-electron chi connectivity index (χ2n) is 3.76. The first-order chi connectivity index (χ1) is 8.97. The minimum Gasteiger partial charge on any atom is -0.473 e. The molecule has 0 N–H and O–H groups in total. The maximum atomic E-state index is 12.8. The summed E-state index contributed by atoms with van der Waals surface area (Å²) in [7, 11) is 0. The van der Waals surface area contributed by atoms with E-state index in [9.17, 15) is 13.2 Å². The molecular weight excluding hydrogens is 323 g/mol. The maximum absolute atomic E-state index is 12.8. The Kier molecular flexibility index (Phi) is 4.09. The van der Waals surface area contributed by atoms with Gasteiger partial charge in [0.05, 0.1) is 5.56 Å². The van der Waals surface area contributed by atoms with Gasteiger partial charge in [-0.25, -0.2) is 4.98 Å². The van der Waals surface area contributed by atoms with Crippen LogP contribution in [0.2, 0.25) is 0 Å². The summed E-state index contributed by atoms with van der Waals surface area (Å²) in [5.74, 6) is 0.270. The van der Waals surface area contributed by atoms with Gasteiger partial charge in [-0.2, -0.15) is 13.2 Å². The van der Waals surface area contributed by atoms with E-state index in [2.05, 4.69) is 20.9 Å². The Morgan fingerprint density at radius 1 is 1.16 bits per heavy atom. The van der Waals surface area contributed by atoms with Gasteiger partial charge in [0.2, 0.25) is 5.88 Å². The van der Waals surface area contributed by atoms with Gasteiger partial charge in [-0.15, -0.1) is 0 Å². The molecule has 6 heteroatoms. The fraction of sp³-hybridized carbons (Fsp3) is 0.154. The summed E-state index contributed by atoms with van der Waals surface area (Å²) in [6, 6.07) is 8.62. The predicted octanol–water partition coefficient (Wildman–Crippen LogP) is 4.44. The molecule has 0 fully saturated rings. The summed E-state index contributed by atoms with van der Waals surface area (Å²) < 4.78 is 44.3. The summed E-state index contributed by atoms with van der Waals surface area (Å²) in [4.78, 5) is 3.91. The third-order valence-corrected chi connectivity index (χ3v) is 2.89. The molecule has 0 saturated carbocycles. The van der Waals surface area contributed by atoms with Crippen LogP contribution in [0.4, 0.5) is 13.2 Å². The molecule has 0 aliphatic rings. The van der Waals surface area contributed by atoms with Crippen molar-refractivity contribution < 1.29 is 17.9 Å². The summed E-state index contributed by atoms with van der Waals surface area (Å²) in [5, 5.41) is 0. The van der Waals surface area contributed by atoms with E-state index in [4.69, 9.17) is 4.74 Å². The van der Waals surface area contributed by atoms with E-state index in [1.807, 2.05) is 0 Å². The van der Waals surface area contributed by atoms with E-state index in [0.717, 1.165) is 10.5 Å². The third-order valence-electron chi connectivity index (χ3n) is 2.40. The normalized spacial score (nSPS) is 11.4. The molecule has 2 nitrogen and oxygen atoms in total. The minimum atomic E-state index is -4.38. The fourth-order valence-electron chi connectivity index (χ4n) is 1.54. The molecule has 0 unspecified atom stereocenters. The zero-order valence-corrected chi connectivity index (χ0v) is 11.2. The molecule has 0 aliphatic carbocycles. The standard InChI is InChI=1S/C13H9BrF3NO/c14-10-5-6-18-12(7-10)19-8-9-3-1-2-4-11(9)13(15,16)17/h1-7H,8H2. The molecule has 0 bridgehead atoms. The van der Waals surface area contributed by atoms with E-state index in [1.54, 1.807) is 18.2 Å². The second kappa shape index (κ2) is 5.61. The van der Waals surface area contributed by atoms with E-state index in [1.165, 1.54) is 18.3 Å². The highest BCUT2D eigenvalue weighted by atomic mass is 79.9. The quantitative estimate of drug-likeness (QED) is 0.829. The Morgan fingerprint density at radius 2 is 1.89 bits per heavy atom. The number of pyridine rings is 1. The number of alkyl halides is 3. The van der Waals surface area contributed by atoms with Gasteiger partial charge in [-0.05, 0) is 12.1 Å². The van der Waals surface area contributed by atoms with Crippen molar-refractivity contribution in [1.82, 2.24) is 4.98 Å². The van der Waals surface area contributed by atoms with Crippen molar-refractivity contribution in [1.29, 1.82) is 0 Å². The summed E-state index contributed by atoms with van der Waals surface area (Å²) in [6.45, 7) is -0.181. The number of hydrogen-bond donors (Lipinski definition) is 0. The molecule has 0 amide bonds. The first-order valence-corrected chi connectivity index (χ1v) is 6.15. The molecular formula is C13H9BrF3NO. The minimum absolute atomic E-state index is 0.0803. The Morgan fingerprint density at radius 3 is 2.58 bits per heavy atom. The van der Waals surface area contributed by atoms with Crippen LogP contribution in [-0.4, -0.2) is 4.98 Å². The zero-order chi connectivity index (χ0) is 13.9. The van der Waals surface area contributed by atoms with Crippen molar-refractivity contribution in [2.24, 2.45) is 0 Å². The van der Waals surface area contributed by atoms with Gasteiger partial charge in [0.25, 0.3) is 0 Å². The van der Waals surface area contributed by atoms with Crippen molar-refractivity contribution in [2.45, 2.75) is 12.8 Å². The van der Waals surface area contributed by atoms with Crippen molar-refractivity contribution in [3.8, 4) is 5.88 Å². The Balaban J connectivity index is 2.16. The van der Waals surface area contributed by atoms with Crippen molar-refractivity contribution >= 4 is 15.9 Å². The lowest BCUT2D eigenvalue weighted by Gasteiger charge is -2.13. The first kappa shape index (κ1) is 13.9. The van der Waals surface area contributed by atoms with Gasteiger partial charge in [0.1, 0.15) is 6.61 Å². The number of ether oxygens (including phenoxy) is 1. The molecule has 0 atom stereocenters. The van der Waals surface area contributed by atoms with Gasteiger partial charge in [-0.3, -0.25) is 0 Å². The van der Waals surface area contributed by atoms with Gasteiger partial charge in [-0.1, -0.05) is 34.1 Å². The first-order valence-electron chi connectivity index (χ1n) is 5.36. The van der Waals surface area contributed by atoms with Crippen LogP contribution < -0.4 is 4.74 Å². The average molecular weight is 332 g/mol. The monoisotopic (exact) mass is 331 g/mol. The third kappa shape index (κ3) is 3.70. The summed E-state index contributed by atoms with van der Waals surface area (Å²) in [6.07, 6.45) is -2.88. The Bertz CT molecular complexity index is 572. The number of hydrogen-bond acceptors (Lipinski definition) is 2. The van der Waals surface area contributed by atoms with E-state index in [-0.39, 0.29) is 18.1 Å². The highest BCUT2D eigenvalue weighted by Crippen LogP contribution is 2.32. The molecule has 100 valence electrons. The van der Waals surface area contributed by atoms with Crippen LogP contribution in [0.15, 0.2) is 47.1 Å². The van der Waals surface area contributed by atoms with Crippen LogP contribution in [0.25, 0.3) is 0 Å². The Labute approximate surface area is 116 Å². The molecule has 1 aromatic carbocycles. The fourth-order valence-corrected chi connectivity index (χ4v) is 1.85. The summed E-state index contributed by atoms with van der Waals surface area (Å²) in [5.41, 5.74) is -0.609. The SMILES string of the molecule is FC(F)(F)c1ccccc1COc1cc(Br)ccn1. The topological polar surface area (TPSA) is 22.1 Å².